The average molecular weight is 337 g/mol. The topological polar surface area (TPSA) is 78.9 Å². The molecule has 0 saturated heterocycles. The molecule has 0 radical (unpaired) electrons. The predicted molar refractivity (Wildman–Crippen MR) is 77.0 cm³/mol. The molecule has 0 aliphatic rings. The largest absolute Gasteiger partial charge is 0.460 e. The molecule has 21 heavy (non-hydrogen) atoms. The highest BCUT2D eigenvalue weighted by Gasteiger charge is 2.16. The van der Waals surface area contributed by atoms with E-state index in [2.05, 4.69) is 0 Å². The van der Waals surface area contributed by atoms with E-state index in [1.807, 2.05) is 6.92 Å². The van der Waals surface area contributed by atoms with Gasteiger partial charge in [0.25, 0.3) is 9.05 Å². The Bertz CT molecular complexity index is 584. The maximum absolute atomic E-state index is 11.9. The lowest BCUT2D eigenvalue weighted by molar-refractivity contribution is 0.0335. The minimum absolute atomic E-state index is 0.0874. The van der Waals surface area contributed by atoms with Gasteiger partial charge in [-0.25, -0.2) is 13.2 Å². The van der Waals surface area contributed by atoms with Crippen LogP contribution in [0, 0.1) is 0 Å². The van der Waals surface area contributed by atoms with Gasteiger partial charge in [0.15, 0.2) is 0 Å². The van der Waals surface area contributed by atoms with Gasteiger partial charge in [-0.05, 0) is 30.7 Å². The Morgan fingerprint density at radius 3 is 2.52 bits per heavy atom. The SMILES string of the molecule is CCOCCOC(=O)c1cc(COC)cc(S(=O)(=O)Cl)c1. The van der Waals surface area contributed by atoms with Gasteiger partial charge < -0.3 is 14.2 Å². The summed E-state index contributed by atoms with van der Waals surface area (Å²) in [7, 11) is 2.83. The number of benzene rings is 1. The summed E-state index contributed by atoms with van der Waals surface area (Å²) >= 11 is 0. The second kappa shape index (κ2) is 8.33. The van der Waals surface area contributed by atoms with E-state index in [1.165, 1.54) is 25.3 Å². The van der Waals surface area contributed by atoms with Gasteiger partial charge in [0.1, 0.15) is 6.61 Å². The highest BCUT2D eigenvalue weighted by Crippen LogP contribution is 2.20. The number of halogens is 1. The fraction of sp³-hybridized carbons (Fsp3) is 0.462. The second-order valence-corrected chi connectivity index (χ2v) is 6.64. The number of methoxy groups -OCH3 is 1. The Balaban J connectivity index is 2.94. The molecule has 6 nitrogen and oxygen atoms in total. The summed E-state index contributed by atoms with van der Waals surface area (Å²) in [4.78, 5) is 11.7. The van der Waals surface area contributed by atoms with E-state index in [9.17, 15) is 13.2 Å². The smallest absolute Gasteiger partial charge is 0.338 e. The summed E-state index contributed by atoms with van der Waals surface area (Å²) in [5.74, 6) is -0.644. The molecule has 1 rings (SSSR count). The summed E-state index contributed by atoms with van der Waals surface area (Å²) in [6.07, 6.45) is 0. The fourth-order valence-corrected chi connectivity index (χ4v) is 2.42. The summed E-state index contributed by atoms with van der Waals surface area (Å²) < 4.78 is 37.8. The molecule has 8 heteroatoms. The number of carbonyl (C=O) groups excluding carboxylic acids is 1. The molecular formula is C13H17ClO6S. The monoisotopic (exact) mass is 336 g/mol. The number of carbonyl (C=O) groups is 1. The molecule has 0 amide bonds. The Hall–Kier alpha value is -1.15. The van der Waals surface area contributed by atoms with E-state index in [4.69, 9.17) is 24.9 Å². The van der Waals surface area contributed by atoms with Crippen LogP contribution in [0.2, 0.25) is 0 Å². The summed E-state index contributed by atoms with van der Waals surface area (Å²) in [6, 6.07) is 4.02. The van der Waals surface area contributed by atoms with Crippen LogP contribution in [0.5, 0.6) is 0 Å². The fourth-order valence-electron chi connectivity index (χ4n) is 1.59. The molecule has 0 bridgehead atoms. The van der Waals surface area contributed by atoms with Crippen LogP contribution < -0.4 is 0 Å². The lowest BCUT2D eigenvalue weighted by atomic mass is 10.1. The standard InChI is InChI=1S/C13H17ClO6S/c1-3-19-4-5-20-13(15)11-6-10(9-18-2)7-12(8-11)21(14,16)17/h6-8H,3-5,9H2,1-2H3. The molecule has 0 unspecified atom stereocenters. The lowest BCUT2D eigenvalue weighted by Crippen LogP contribution is -2.12. The summed E-state index contributed by atoms with van der Waals surface area (Å²) in [5, 5.41) is 0. The zero-order valence-electron chi connectivity index (χ0n) is 11.8. The second-order valence-electron chi connectivity index (χ2n) is 4.07. The van der Waals surface area contributed by atoms with Crippen molar-refractivity contribution in [3.05, 3.63) is 29.3 Å². The van der Waals surface area contributed by atoms with E-state index < -0.39 is 15.0 Å². The maximum atomic E-state index is 11.9. The molecule has 0 aromatic heterocycles. The minimum atomic E-state index is -3.94. The first-order chi connectivity index (χ1) is 9.88. The molecule has 0 saturated carbocycles. The van der Waals surface area contributed by atoms with Gasteiger partial charge in [-0.2, -0.15) is 0 Å². The molecular weight excluding hydrogens is 320 g/mol. The van der Waals surface area contributed by atoms with Gasteiger partial charge in [-0.15, -0.1) is 0 Å². The highest BCUT2D eigenvalue weighted by molar-refractivity contribution is 8.13. The Morgan fingerprint density at radius 1 is 1.24 bits per heavy atom. The van der Waals surface area contributed by atoms with Gasteiger partial charge in [0.05, 0.1) is 23.7 Å². The first-order valence-electron chi connectivity index (χ1n) is 6.21. The van der Waals surface area contributed by atoms with Crippen LogP contribution in [0.3, 0.4) is 0 Å². The molecule has 0 fully saturated rings. The van der Waals surface area contributed by atoms with Crippen molar-refractivity contribution in [2.45, 2.75) is 18.4 Å². The normalized spacial score (nSPS) is 11.4. The van der Waals surface area contributed by atoms with Crippen molar-refractivity contribution in [2.75, 3.05) is 26.9 Å². The molecule has 1 aromatic carbocycles. The molecule has 0 spiro atoms. The molecule has 0 aliphatic carbocycles. The molecule has 118 valence electrons. The lowest BCUT2D eigenvalue weighted by Gasteiger charge is -2.08. The van der Waals surface area contributed by atoms with Crippen molar-refractivity contribution in [2.24, 2.45) is 0 Å². The van der Waals surface area contributed by atoms with Crippen molar-refractivity contribution < 1.29 is 27.4 Å². The van der Waals surface area contributed by atoms with Crippen LogP contribution in [-0.2, 0) is 29.9 Å². The van der Waals surface area contributed by atoms with Gasteiger partial charge in [-0.3, -0.25) is 0 Å². The van der Waals surface area contributed by atoms with Crippen molar-refractivity contribution >= 4 is 25.7 Å². The molecule has 0 heterocycles. The first kappa shape index (κ1) is 17.9. The minimum Gasteiger partial charge on any atom is -0.460 e. The van der Waals surface area contributed by atoms with Crippen LogP contribution >= 0.6 is 10.7 Å². The van der Waals surface area contributed by atoms with E-state index in [-0.39, 0.29) is 30.3 Å². The van der Waals surface area contributed by atoms with Crippen LogP contribution in [0.4, 0.5) is 0 Å². The molecule has 0 N–H and O–H groups in total. The summed E-state index contributed by atoms with van der Waals surface area (Å²) in [5.41, 5.74) is 0.608. The van der Waals surface area contributed by atoms with Gasteiger partial charge in [0, 0.05) is 24.4 Å². The van der Waals surface area contributed by atoms with Crippen molar-refractivity contribution in [3.8, 4) is 0 Å². The van der Waals surface area contributed by atoms with Crippen LogP contribution in [-0.4, -0.2) is 41.3 Å². The molecule has 0 atom stereocenters. The maximum Gasteiger partial charge on any atom is 0.338 e. The third-order valence-electron chi connectivity index (χ3n) is 2.46. The third kappa shape index (κ3) is 6.01. The molecule has 0 aliphatic heterocycles. The quantitative estimate of drug-likeness (QED) is 0.410. The van der Waals surface area contributed by atoms with E-state index in [1.54, 1.807) is 0 Å². The average Bonchev–Trinajstić information content (AvgIpc) is 2.42. The summed E-state index contributed by atoms with van der Waals surface area (Å²) in [6.45, 7) is 2.87. The van der Waals surface area contributed by atoms with Crippen LogP contribution in [0.15, 0.2) is 23.1 Å². The number of esters is 1. The number of hydrogen-bond acceptors (Lipinski definition) is 6. The third-order valence-corrected chi connectivity index (χ3v) is 3.79. The number of rotatable bonds is 8. The Morgan fingerprint density at radius 2 is 1.95 bits per heavy atom. The first-order valence-corrected chi connectivity index (χ1v) is 8.52. The van der Waals surface area contributed by atoms with E-state index in [0.717, 1.165) is 0 Å². The zero-order chi connectivity index (χ0) is 15.9. The Kier molecular flexibility index (Phi) is 7.10. The van der Waals surface area contributed by atoms with Crippen molar-refractivity contribution in [1.29, 1.82) is 0 Å². The van der Waals surface area contributed by atoms with Gasteiger partial charge in [-0.1, -0.05) is 0 Å². The van der Waals surface area contributed by atoms with Gasteiger partial charge in [0.2, 0.25) is 0 Å². The predicted octanol–water partition coefficient (Wildman–Crippen LogP) is 1.95. The Labute approximate surface area is 128 Å². The van der Waals surface area contributed by atoms with Crippen molar-refractivity contribution in [1.82, 2.24) is 0 Å². The van der Waals surface area contributed by atoms with Crippen LogP contribution in [0.25, 0.3) is 0 Å². The van der Waals surface area contributed by atoms with Crippen molar-refractivity contribution in [3.63, 3.8) is 0 Å². The highest BCUT2D eigenvalue weighted by atomic mass is 35.7. The van der Waals surface area contributed by atoms with Gasteiger partial charge >= 0.3 is 5.97 Å². The van der Waals surface area contributed by atoms with E-state index in [0.29, 0.717) is 12.2 Å². The zero-order valence-corrected chi connectivity index (χ0v) is 13.4. The molecule has 1 aromatic rings. The van der Waals surface area contributed by atoms with E-state index >= 15 is 0 Å². The van der Waals surface area contributed by atoms with Crippen LogP contribution in [0.1, 0.15) is 22.8 Å². The number of ether oxygens (including phenoxy) is 3. The number of hydrogen-bond donors (Lipinski definition) is 0.